The van der Waals surface area contributed by atoms with Gasteiger partial charge in [-0.2, -0.15) is 0 Å². The van der Waals surface area contributed by atoms with Gasteiger partial charge in [0.05, 0.1) is 0 Å². The van der Waals surface area contributed by atoms with Gasteiger partial charge in [0.25, 0.3) is 0 Å². The molecular formula is C14H35N3. The summed E-state index contributed by atoms with van der Waals surface area (Å²) in [6.45, 7) is 13.6. The van der Waals surface area contributed by atoms with E-state index in [0.717, 1.165) is 0 Å². The van der Waals surface area contributed by atoms with Crippen molar-refractivity contribution in [2.45, 2.75) is 40.2 Å². The molecular weight excluding hydrogens is 210 g/mol. The lowest BCUT2D eigenvalue weighted by Gasteiger charge is -2.21. The maximum atomic E-state index is 2.38. The van der Waals surface area contributed by atoms with E-state index in [1.165, 1.54) is 32.6 Å². The number of rotatable bonds is 7. The van der Waals surface area contributed by atoms with Gasteiger partial charge in [-0.1, -0.05) is 20.8 Å². The van der Waals surface area contributed by atoms with Crippen LogP contribution in [-0.2, 0) is 0 Å². The lowest BCUT2D eigenvalue weighted by Crippen LogP contribution is -2.28. The predicted molar refractivity (Wildman–Crippen MR) is 79.8 cm³/mol. The molecule has 0 N–H and O–H groups in total. The molecule has 0 saturated heterocycles. The summed E-state index contributed by atoms with van der Waals surface area (Å²) in [5.41, 5.74) is 0. The van der Waals surface area contributed by atoms with Crippen molar-refractivity contribution in [3.05, 3.63) is 0 Å². The quantitative estimate of drug-likeness (QED) is 0.681. The van der Waals surface area contributed by atoms with Crippen molar-refractivity contribution in [1.29, 1.82) is 0 Å². The van der Waals surface area contributed by atoms with Crippen LogP contribution in [0, 0.1) is 0 Å². The Labute approximate surface area is 110 Å². The Morgan fingerprint density at radius 3 is 1.41 bits per heavy atom. The average Bonchev–Trinajstić information content (AvgIpc) is 2.28. The fraction of sp³-hybridized carbons (Fsp3) is 1.00. The molecule has 0 aliphatic carbocycles. The van der Waals surface area contributed by atoms with Crippen LogP contribution < -0.4 is 0 Å². The molecule has 0 bridgehead atoms. The van der Waals surface area contributed by atoms with Crippen LogP contribution in [0.5, 0.6) is 0 Å². The summed E-state index contributed by atoms with van der Waals surface area (Å²) >= 11 is 0. The Kier molecular flexibility index (Phi) is 14.0. The van der Waals surface area contributed by atoms with Gasteiger partial charge in [0.1, 0.15) is 0 Å². The standard InChI is InChI=1S/C8H20N2.C6H15N/c1-8(10(4)5)6-7-9(2)3;1-4-7(5-2)6-3/h8H,6-7H2,1-5H3;4-6H2,1-3H3. The van der Waals surface area contributed by atoms with Gasteiger partial charge in [0, 0.05) is 6.04 Å². The van der Waals surface area contributed by atoms with E-state index in [2.05, 4.69) is 70.6 Å². The van der Waals surface area contributed by atoms with E-state index < -0.39 is 0 Å². The molecule has 1 unspecified atom stereocenters. The second kappa shape index (κ2) is 12.3. The Morgan fingerprint density at radius 2 is 1.24 bits per heavy atom. The summed E-state index contributed by atoms with van der Waals surface area (Å²) in [7, 11) is 8.48. The molecule has 0 amide bonds. The fourth-order valence-corrected chi connectivity index (χ4v) is 1.37. The van der Waals surface area contributed by atoms with Crippen LogP contribution >= 0.6 is 0 Å². The number of hydrogen-bond donors (Lipinski definition) is 0. The first-order chi connectivity index (χ1) is 7.88. The second-order valence-corrected chi connectivity index (χ2v) is 5.02. The van der Waals surface area contributed by atoms with Crippen LogP contribution in [-0.4, -0.2) is 75.1 Å². The molecule has 0 rings (SSSR count). The molecule has 0 heterocycles. The molecule has 0 aliphatic rings. The molecule has 0 aliphatic heterocycles. The normalized spacial score (nSPS) is 12.9. The lowest BCUT2D eigenvalue weighted by atomic mass is 10.2. The first-order valence-corrected chi connectivity index (χ1v) is 6.92. The smallest absolute Gasteiger partial charge is 0.00730 e. The van der Waals surface area contributed by atoms with Crippen molar-refractivity contribution in [3.8, 4) is 0 Å². The Hall–Kier alpha value is -0.120. The monoisotopic (exact) mass is 245 g/mol. The zero-order valence-corrected chi connectivity index (χ0v) is 13.5. The third-order valence-corrected chi connectivity index (χ3v) is 3.22. The van der Waals surface area contributed by atoms with E-state index in [4.69, 9.17) is 0 Å². The molecule has 0 spiro atoms. The van der Waals surface area contributed by atoms with E-state index in [9.17, 15) is 0 Å². The molecule has 0 radical (unpaired) electrons. The lowest BCUT2D eigenvalue weighted by molar-refractivity contribution is 0.267. The second-order valence-electron chi connectivity index (χ2n) is 5.02. The first-order valence-electron chi connectivity index (χ1n) is 6.92. The van der Waals surface area contributed by atoms with Crippen molar-refractivity contribution in [2.75, 3.05) is 54.4 Å². The van der Waals surface area contributed by atoms with Gasteiger partial charge in [-0.3, -0.25) is 0 Å². The molecule has 3 nitrogen and oxygen atoms in total. The highest BCUT2D eigenvalue weighted by Crippen LogP contribution is 1.97. The number of nitrogens with zero attached hydrogens (tertiary/aromatic N) is 3. The summed E-state index contributed by atoms with van der Waals surface area (Å²) < 4.78 is 0. The average molecular weight is 245 g/mol. The topological polar surface area (TPSA) is 9.72 Å². The van der Waals surface area contributed by atoms with Gasteiger partial charge in [-0.25, -0.2) is 0 Å². The molecule has 0 aromatic carbocycles. The minimum atomic E-state index is 0.697. The third kappa shape index (κ3) is 13.8. The van der Waals surface area contributed by atoms with Gasteiger partial charge >= 0.3 is 0 Å². The highest BCUT2D eigenvalue weighted by molar-refractivity contribution is 4.60. The molecule has 17 heavy (non-hydrogen) atoms. The fourth-order valence-electron chi connectivity index (χ4n) is 1.37. The maximum absolute atomic E-state index is 2.38. The van der Waals surface area contributed by atoms with Crippen LogP contribution in [0.1, 0.15) is 34.1 Å². The molecule has 0 fully saturated rings. The van der Waals surface area contributed by atoms with Crippen molar-refractivity contribution in [2.24, 2.45) is 0 Å². The zero-order valence-electron chi connectivity index (χ0n) is 13.5. The summed E-state index contributed by atoms with van der Waals surface area (Å²) in [6.07, 6.45) is 1.25. The van der Waals surface area contributed by atoms with E-state index in [-0.39, 0.29) is 0 Å². The molecule has 0 saturated carbocycles. The van der Waals surface area contributed by atoms with Gasteiger partial charge in [0.15, 0.2) is 0 Å². The largest absolute Gasteiger partial charge is 0.309 e. The Morgan fingerprint density at radius 1 is 0.824 bits per heavy atom. The highest BCUT2D eigenvalue weighted by Gasteiger charge is 2.03. The van der Waals surface area contributed by atoms with Gasteiger partial charge in [0.2, 0.25) is 0 Å². The molecule has 106 valence electrons. The Balaban J connectivity index is 0. The molecule has 0 aromatic rings. The van der Waals surface area contributed by atoms with E-state index in [0.29, 0.717) is 6.04 Å². The first kappa shape index (κ1) is 19.2. The third-order valence-electron chi connectivity index (χ3n) is 3.22. The van der Waals surface area contributed by atoms with Crippen LogP contribution in [0.3, 0.4) is 0 Å². The minimum Gasteiger partial charge on any atom is -0.309 e. The van der Waals surface area contributed by atoms with E-state index >= 15 is 0 Å². The summed E-state index contributed by atoms with van der Waals surface area (Å²) in [4.78, 5) is 6.85. The minimum absolute atomic E-state index is 0.697. The van der Waals surface area contributed by atoms with Crippen molar-refractivity contribution < 1.29 is 0 Å². The molecule has 3 heteroatoms. The Bertz CT molecular complexity index is 137. The molecule has 0 aromatic heterocycles. The highest BCUT2D eigenvalue weighted by atomic mass is 15.1. The SMILES string of the molecule is CC(CCN(C)C)N(C)C.CCN(CC)CC. The van der Waals surface area contributed by atoms with E-state index in [1.54, 1.807) is 0 Å². The number of hydrogen-bond acceptors (Lipinski definition) is 3. The van der Waals surface area contributed by atoms with Crippen molar-refractivity contribution in [1.82, 2.24) is 14.7 Å². The summed E-state index contributed by atoms with van der Waals surface area (Å²) in [6, 6.07) is 0.697. The molecule has 1 atom stereocenters. The van der Waals surface area contributed by atoms with Gasteiger partial charge in [-0.15, -0.1) is 0 Å². The maximum Gasteiger partial charge on any atom is 0.00730 e. The predicted octanol–water partition coefficient (Wildman–Crippen LogP) is 2.24. The van der Waals surface area contributed by atoms with Crippen molar-refractivity contribution in [3.63, 3.8) is 0 Å². The van der Waals surface area contributed by atoms with Crippen LogP contribution in [0.4, 0.5) is 0 Å². The van der Waals surface area contributed by atoms with E-state index in [1.807, 2.05) is 0 Å². The zero-order chi connectivity index (χ0) is 13.8. The summed E-state index contributed by atoms with van der Waals surface area (Å²) in [5, 5.41) is 0. The van der Waals surface area contributed by atoms with Gasteiger partial charge < -0.3 is 14.7 Å². The summed E-state index contributed by atoms with van der Waals surface area (Å²) in [5.74, 6) is 0. The van der Waals surface area contributed by atoms with Crippen molar-refractivity contribution >= 4 is 0 Å². The van der Waals surface area contributed by atoms with Crippen LogP contribution in [0.2, 0.25) is 0 Å². The van der Waals surface area contributed by atoms with Crippen LogP contribution in [0.25, 0.3) is 0 Å². The van der Waals surface area contributed by atoms with Gasteiger partial charge in [-0.05, 0) is 67.7 Å². The van der Waals surface area contributed by atoms with Crippen LogP contribution in [0.15, 0.2) is 0 Å².